The molecule has 26 heavy (non-hydrogen) atoms. The summed E-state index contributed by atoms with van der Waals surface area (Å²) in [6, 6.07) is 2.95. The molecule has 0 aliphatic rings. The number of nitrogens with one attached hydrogen (secondary N) is 2. The van der Waals surface area contributed by atoms with E-state index < -0.39 is 5.91 Å². The molecule has 9 heteroatoms. The second-order valence-corrected chi connectivity index (χ2v) is 7.70. The third-order valence-corrected chi connectivity index (χ3v) is 5.47. The van der Waals surface area contributed by atoms with Crippen LogP contribution in [0.4, 0.5) is 10.8 Å². The summed E-state index contributed by atoms with van der Waals surface area (Å²) in [6.07, 6.45) is 0.906. The number of carbonyl (C=O) groups is 2. The van der Waals surface area contributed by atoms with Crippen molar-refractivity contribution in [1.82, 2.24) is 10.2 Å². The highest BCUT2D eigenvalue weighted by molar-refractivity contribution is 7.15. The van der Waals surface area contributed by atoms with Crippen LogP contribution >= 0.6 is 22.9 Å². The molecule has 0 saturated carbocycles. The highest BCUT2D eigenvalue weighted by atomic mass is 35.5. The summed E-state index contributed by atoms with van der Waals surface area (Å²) in [6.45, 7) is 7.59. The number of hydrogen-bond acceptors (Lipinski definition) is 6. The van der Waals surface area contributed by atoms with Crippen LogP contribution < -0.4 is 15.4 Å². The van der Waals surface area contributed by atoms with E-state index in [2.05, 4.69) is 41.6 Å². The smallest absolute Gasteiger partial charge is 0.261 e. The van der Waals surface area contributed by atoms with Crippen LogP contribution in [0.3, 0.4) is 0 Å². The maximum atomic E-state index is 12.6. The predicted octanol–water partition coefficient (Wildman–Crippen LogP) is 4.10. The fourth-order valence-electron chi connectivity index (χ4n) is 2.05. The highest BCUT2D eigenvalue weighted by Gasteiger charge is 2.24. The lowest BCUT2D eigenvalue weighted by Crippen LogP contribution is -2.15. The van der Waals surface area contributed by atoms with Crippen molar-refractivity contribution in [3.63, 3.8) is 0 Å². The number of benzene rings is 1. The number of anilines is 2. The lowest BCUT2D eigenvalue weighted by molar-refractivity contribution is -0.114. The molecule has 0 spiro atoms. The molecule has 2 rings (SSSR count). The van der Waals surface area contributed by atoms with E-state index in [9.17, 15) is 9.59 Å². The van der Waals surface area contributed by atoms with E-state index in [0.717, 1.165) is 11.4 Å². The van der Waals surface area contributed by atoms with Crippen LogP contribution in [-0.2, 0) is 10.2 Å². The van der Waals surface area contributed by atoms with Gasteiger partial charge in [0.05, 0.1) is 23.4 Å². The van der Waals surface area contributed by atoms with Crippen LogP contribution in [0.5, 0.6) is 5.75 Å². The number of methoxy groups -OCH3 is 1. The average Bonchev–Trinajstić information content (AvgIpc) is 3.05. The Morgan fingerprint density at radius 2 is 1.96 bits per heavy atom. The van der Waals surface area contributed by atoms with Crippen molar-refractivity contribution in [2.75, 3.05) is 17.7 Å². The summed E-state index contributed by atoms with van der Waals surface area (Å²) < 4.78 is 5.25. The molecule has 0 radical (unpaired) electrons. The zero-order valence-corrected chi connectivity index (χ0v) is 16.8. The Morgan fingerprint density at radius 3 is 2.54 bits per heavy atom. The molecule has 1 aromatic heterocycles. The van der Waals surface area contributed by atoms with Gasteiger partial charge in [-0.1, -0.05) is 43.7 Å². The highest BCUT2D eigenvalue weighted by Crippen LogP contribution is 2.33. The first-order chi connectivity index (χ1) is 12.2. The fraction of sp³-hybridized carbons (Fsp3) is 0.412. The Balaban J connectivity index is 2.27. The third-order valence-electron chi connectivity index (χ3n) is 3.95. The molecule has 1 aromatic carbocycles. The van der Waals surface area contributed by atoms with Crippen molar-refractivity contribution < 1.29 is 14.3 Å². The minimum atomic E-state index is -0.421. The molecule has 0 unspecified atom stereocenters. The SMILES string of the molecule is CCC(C)(C)c1nnc(NC(=O)c2cc(Cl)c(NC(C)=O)cc2OC)s1. The van der Waals surface area contributed by atoms with Gasteiger partial charge in [0, 0.05) is 18.4 Å². The molecule has 2 amide bonds. The first kappa shape index (κ1) is 20.1. The van der Waals surface area contributed by atoms with Gasteiger partial charge in [-0.05, 0) is 12.5 Å². The molecule has 7 nitrogen and oxygen atoms in total. The Hall–Kier alpha value is -2.19. The quantitative estimate of drug-likeness (QED) is 0.766. The third kappa shape index (κ3) is 4.50. The number of halogens is 1. The number of nitrogens with zero attached hydrogens (tertiary/aromatic N) is 2. The van der Waals surface area contributed by atoms with E-state index in [1.54, 1.807) is 0 Å². The minimum absolute atomic E-state index is 0.109. The standard InChI is InChI=1S/C17H21ClN4O3S/c1-6-17(3,4)15-21-22-16(26-15)20-14(24)10-7-11(18)12(19-9(2)23)8-13(10)25-5/h7-8H,6H2,1-5H3,(H,19,23)(H,20,22,24). The molecule has 0 atom stereocenters. The van der Waals surface area contributed by atoms with Crippen molar-refractivity contribution in [3.05, 3.63) is 27.7 Å². The summed E-state index contributed by atoms with van der Waals surface area (Å²) in [4.78, 5) is 23.8. The van der Waals surface area contributed by atoms with E-state index in [0.29, 0.717) is 10.8 Å². The topological polar surface area (TPSA) is 93.2 Å². The molecular formula is C17H21ClN4O3S. The normalized spacial score (nSPS) is 11.2. The number of amides is 2. The average molecular weight is 397 g/mol. The van der Waals surface area contributed by atoms with Gasteiger partial charge >= 0.3 is 0 Å². The van der Waals surface area contributed by atoms with E-state index in [4.69, 9.17) is 16.3 Å². The van der Waals surface area contributed by atoms with Crippen molar-refractivity contribution in [2.24, 2.45) is 0 Å². The van der Waals surface area contributed by atoms with Gasteiger partial charge in [-0.2, -0.15) is 0 Å². The minimum Gasteiger partial charge on any atom is -0.496 e. The monoisotopic (exact) mass is 396 g/mol. The summed E-state index contributed by atoms with van der Waals surface area (Å²) >= 11 is 7.49. The summed E-state index contributed by atoms with van der Waals surface area (Å²) in [5.41, 5.74) is 0.496. The number of ether oxygens (including phenoxy) is 1. The molecule has 0 aliphatic carbocycles. The Kier molecular flexibility index (Phi) is 6.20. The van der Waals surface area contributed by atoms with Crippen molar-refractivity contribution in [2.45, 2.75) is 39.5 Å². The molecule has 2 N–H and O–H groups in total. The van der Waals surface area contributed by atoms with E-state index in [1.165, 1.54) is 37.5 Å². The first-order valence-corrected chi connectivity index (χ1v) is 9.17. The zero-order chi connectivity index (χ0) is 19.5. The van der Waals surface area contributed by atoms with Crippen molar-refractivity contribution >= 4 is 45.6 Å². The second-order valence-electron chi connectivity index (χ2n) is 6.32. The van der Waals surface area contributed by atoms with Crippen LogP contribution in [0.25, 0.3) is 0 Å². The molecule has 2 aromatic rings. The van der Waals surface area contributed by atoms with Gasteiger partial charge in [0.25, 0.3) is 5.91 Å². The summed E-state index contributed by atoms with van der Waals surface area (Å²) in [5, 5.41) is 15.0. The predicted molar refractivity (Wildman–Crippen MR) is 103 cm³/mol. The lowest BCUT2D eigenvalue weighted by Gasteiger charge is -2.17. The second kappa shape index (κ2) is 8.01. The van der Waals surface area contributed by atoms with Crippen molar-refractivity contribution in [3.8, 4) is 5.75 Å². The van der Waals surface area contributed by atoms with Gasteiger partial charge in [-0.15, -0.1) is 10.2 Å². The molecular weight excluding hydrogens is 376 g/mol. The number of aromatic nitrogens is 2. The molecule has 0 saturated heterocycles. The van der Waals surface area contributed by atoms with Crippen LogP contribution in [0, 0.1) is 0 Å². The Bertz CT molecular complexity index is 835. The Labute approximate surface area is 161 Å². The van der Waals surface area contributed by atoms with Gasteiger partial charge in [0.2, 0.25) is 11.0 Å². The molecule has 140 valence electrons. The van der Waals surface area contributed by atoms with Gasteiger partial charge in [-0.3, -0.25) is 14.9 Å². The van der Waals surface area contributed by atoms with Crippen LogP contribution in [0.15, 0.2) is 12.1 Å². The molecule has 0 aliphatic heterocycles. The van der Waals surface area contributed by atoms with E-state index in [1.807, 2.05) is 0 Å². The lowest BCUT2D eigenvalue weighted by atomic mass is 9.91. The van der Waals surface area contributed by atoms with Gasteiger partial charge < -0.3 is 10.1 Å². The van der Waals surface area contributed by atoms with Gasteiger partial charge in [0.1, 0.15) is 10.8 Å². The number of rotatable bonds is 6. The summed E-state index contributed by atoms with van der Waals surface area (Å²) in [7, 11) is 1.43. The largest absolute Gasteiger partial charge is 0.496 e. The maximum Gasteiger partial charge on any atom is 0.261 e. The van der Waals surface area contributed by atoms with Crippen LogP contribution in [0.1, 0.15) is 49.5 Å². The van der Waals surface area contributed by atoms with Crippen LogP contribution in [-0.4, -0.2) is 29.1 Å². The zero-order valence-electron chi connectivity index (χ0n) is 15.3. The van der Waals surface area contributed by atoms with E-state index in [-0.39, 0.29) is 27.7 Å². The van der Waals surface area contributed by atoms with Gasteiger partial charge in [0.15, 0.2) is 0 Å². The molecule has 0 fully saturated rings. The maximum absolute atomic E-state index is 12.6. The Morgan fingerprint density at radius 1 is 1.27 bits per heavy atom. The van der Waals surface area contributed by atoms with Crippen molar-refractivity contribution in [1.29, 1.82) is 0 Å². The fourth-order valence-corrected chi connectivity index (χ4v) is 3.17. The number of hydrogen-bond donors (Lipinski definition) is 2. The van der Waals surface area contributed by atoms with Gasteiger partial charge in [-0.25, -0.2) is 0 Å². The van der Waals surface area contributed by atoms with E-state index >= 15 is 0 Å². The first-order valence-electron chi connectivity index (χ1n) is 7.98. The molecule has 1 heterocycles. The number of carbonyl (C=O) groups excluding carboxylic acids is 2. The summed E-state index contributed by atoms with van der Waals surface area (Å²) in [5.74, 6) is -0.407. The molecule has 0 bridgehead atoms. The van der Waals surface area contributed by atoms with Crippen LogP contribution in [0.2, 0.25) is 5.02 Å².